The van der Waals surface area contributed by atoms with E-state index in [9.17, 15) is 18.0 Å². The molecule has 0 aliphatic carbocycles. The maximum absolute atomic E-state index is 12.3. The highest BCUT2D eigenvalue weighted by atomic mass is 32.1. The number of methoxy groups -OCH3 is 2. The van der Waals surface area contributed by atoms with Gasteiger partial charge in [0.2, 0.25) is 0 Å². The van der Waals surface area contributed by atoms with E-state index in [4.69, 9.17) is 9.47 Å². The van der Waals surface area contributed by atoms with E-state index in [1.54, 1.807) is 23.6 Å². The molecule has 0 radical (unpaired) electrons. The minimum atomic E-state index is -4.79. The highest BCUT2D eigenvalue weighted by Gasteiger charge is 2.31. The van der Waals surface area contributed by atoms with Crippen molar-refractivity contribution in [3.63, 3.8) is 0 Å². The highest BCUT2D eigenvalue weighted by molar-refractivity contribution is 7.14. The molecule has 0 aliphatic heterocycles. The van der Waals surface area contributed by atoms with Gasteiger partial charge in [0.15, 0.2) is 16.6 Å². The molecule has 152 valence electrons. The van der Waals surface area contributed by atoms with Gasteiger partial charge < -0.3 is 14.2 Å². The van der Waals surface area contributed by atoms with Crippen molar-refractivity contribution < 1.29 is 32.2 Å². The summed E-state index contributed by atoms with van der Waals surface area (Å²) in [7, 11) is 3.06. The third-order valence-electron chi connectivity index (χ3n) is 3.75. The van der Waals surface area contributed by atoms with Crippen LogP contribution in [-0.4, -0.2) is 31.5 Å². The summed E-state index contributed by atoms with van der Waals surface area (Å²) in [5.74, 6) is 0.221. The number of anilines is 1. The van der Waals surface area contributed by atoms with Gasteiger partial charge in [0.05, 0.1) is 19.9 Å². The van der Waals surface area contributed by atoms with Crippen LogP contribution in [0.4, 0.5) is 18.3 Å². The maximum atomic E-state index is 12.3. The monoisotopic (exact) mass is 424 g/mol. The van der Waals surface area contributed by atoms with Crippen LogP contribution >= 0.6 is 11.3 Å². The number of carbonyl (C=O) groups excluding carboxylic acids is 1. The number of benzene rings is 2. The van der Waals surface area contributed by atoms with Crippen LogP contribution in [0.5, 0.6) is 17.2 Å². The quantitative estimate of drug-likeness (QED) is 0.605. The minimum absolute atomic E-state index is 0.169. The molecule has 0 bridgehead atoms. The lowest BCUT2D eigenvalue weighted by molar-refractivity contribution is -0.274. The molecule has 0 spiro atoms. The van der Waals surface area contributed by atoms with Crippen molar-refractivity contribution in [1.29, 1.82) is 0 Å². The first-order valence-electron chi connectivity index (χ1n) is 8.14. The molecule has 0 unspecified atom stereocenters. The second-order valence-electron chi connectivity index (χ2n) is 5.63. The average Bonchev–Trinajstić information content (AvgIpc) is 3.15. The van der Waals surface area contributed by atoms with E-state index >= 15 is 0 Å². The van der Waals surface area contributed by atoms with E-state index < -0.39 is 18.0 Å². The number of aromatic nitrogens is 1. The molecule has 2 aromatic carbocycles. The summed E-state index contributed by atoms with van der Waals surface area (Å²) >= 11 is 1.21. The van der Waals surface area contributed by atoms with Gasteiger partial charge in [0.1, 0.15) is 5.75 Å². The van der Waals surface area contributed by atoms with Crippen molar-refractivity contribution in [3.05, 3.63) is 53.4 Å². The summed E-state index contributed by atoms with van der Waals surface area (Å²) in [5.41, 5.74) is 1.57. The Bertz CT molecular complexity index is 1000. The van der Waals surface area contributed by atoms with Gasteiger partial charge in [-0.2, -0.15) is 0 Å². The molecule has 0 aliphatic rings. The number of ether oxygens (including phenoxy) is 3. The van der Waals surface area contributed by atoms with E-state index in [1.165, 1.54) is 37.7 Å². The third kappa shape index (κ3) is 5.17. The fourth-order valence-electron chi connectivity index (χ4n) is 2.44. The van der Waals surface area contributed by atoms with Gasteiger partial charge in [-0.1, -0.05) is 0 Å². The van der Waals surface area contributed by atoms with Crippen molar-refractivity contribution in [1.82, 2.24) is 4.98 Å². The molecule has 0 atom stereocenters. The first kappa shape index (κ1) is 20.5. The number of rotatable bonds is 6. The fourth-order valence-corrected chi connectivity index (χ4v) is 3.15. The average molecular weight is 424 g/mol. The van der Waals surface area contributed by atoms with E-state index in [2.05, 4.69) is 15.0 Å². The second kappa shape index (κ2) is 8.39. The van der Waals surface area contributed by atoms with Crippen molar-refractivity contribution >= 4 is 22.4 Å². The molecule has 0 fully saturated rings. The largest absolute Gasteiger partial charge is 0.573 e. The summed E-state index contributed by atoms with van der Waals surface area (Å²) in [6.07, 6.45) is -4.79. The van der Waals surface area contributed by atoms with Gasteiger partial charge >= 0.3 is 6.36 Å². The van der Waals surface area contributed by atoms with Crippen LogP contribution in [0, 0.1) is 0 Å². The Morgan fingerprint density at radius 1 is 1.03 bits per heavy atom. The minimum Gasteiger partial charge on any atom is -0.493 e. The molecule has 10 heteroatoms. The number of alkyl halides is 3. The van der Waals surface area contributed by atoms with Gasteiger partial charge in [0, 0.05) is 16.5 Å². The molecule has 29 heavy (non-hydrogen) atoms. The molecule has 1 amide bonds. The number of hydrogen-bond acceptors (Lipinski definition) is 6. The number of carbonyl (C=O) groups is 1. The van der Waals surface area contributed by atoms with E-state index in [0.29, 0.717) is 22.3 Å². The fraction of sp³-hybridized carbons (Fsp3) is 0.158. The SMILES string of the molecule is COc1ccc(-c2csc(NC(=O)c3ccc(OC(F)(F)F)cc3)n2)cc1OC. The van der Waals surface area contributed by atoms with Crippen molar-refractivity contribution in [2.45, 2.75) is 6.36 Å². The molecule has 1 aromatic heterocycles. The first-order chi connectivity index (χ1) is 13.8. The molecule has 1 N–H and O–H groups in total. The van der Waals surface area contributed by atoms with Gasteiger partial charge in [-0.25, -0.2) is 4.98 Å². The zero-order valence-corrected chi connectivity index (χ0v) is 16.1. The lowest BCUT2D eigenvalue weighted by Gasteiger charge is -2.09. The standard InChI is InChI=1S/C19H15F3N2O4S/c1-26-15-8-5-12(9-16(15)27-2)14-10-29-18(23-14)24-17(25)11-3-6-13(7-4-11)28-19(20,21)22/h3-10H,1-2H3,(H,23,24,25). The topological polar surface area (TPSA) is 69.7 Å². The zero-order valence-electron chi connectivity index (χ0n) is 15.2. The number of thiazole rings is 1. The Morgan fingerprint density at radius 3 is 2.34 bits per heavy atom. The normalized spacial score (nSPS) is 11.1. The number of halogens is 3. The summed E-state index contributed by atoms with van der Waals surface area (Å²) in [5, 5.41) is 4.72. The predicted molar refractivity (Wildman–Crippen MR) is 102 cm³/mol. The Labute approximate surface area is 167 Å². The summed E-state index contributed by atoms with van der Waals surface area (Å²) in [4.78, 5) is 16.7. The summed E-state index contributed by atoms with van der Waals surface area (Å²) < 4.78 is 50.8. The Hall–Kier alpha value is -3.27. The highest BCUT2D eigenvalue weighted by Crippen LogP contribution is 2.33. The summed E-state index contributed by atoms with van der Waals surface area (Å²) in [6.45, 7) is 0. The zero-order chi connectivity index (χ0) is 21.0. The van der Waals surface area contributed by atoms with Crippen molar-refractivity contribution in [3.8, 4) is 28.5 Å². The maximum Gasteiger partial charge on any atom is 0.573 e. The van der Waals surface area contributed by atoms with E-state index in [-0.39, 0.29) is 5.56 Å². The molecule has 0 saturated carbocycles. The van der Waals surface area contributed by atoms with Gasteiger partial charge in [0.25, 0.3) is 5.91 Å². The van der Waals surface area contributed by atoms with Crippen LogP contribution in [0.15, 0.2) is 47.8 Å². The number of amides is 1. The van der Waals surface area contributed by atoms with Gasteiger partial charge in [-0.15, -0.1) is 24.5 Å². The van der Waals surface area contributed by atoms with Crippen LogP contribution in [0.25, 0.3) is 11.3 Å². The van der Waals surface area contributed by atoms with E-state index in [1.807, 2.05) is 0 Å². The second-order valence-corrected chi connectivity index (χ2v) is 6.49. The number of nitrogens with one attached hydrogen (secondary N) is 1. The van der Waals surface area contributed by atoms with Crippen LogP contribution < -0.4 is 19.5 Å². The molecule has 6 nitrogen and oxygen atoms in total. The van der Waals surface area contributed by atoms with Crippen LogP contribution in [-0.2, 0) is 0 Å². The van der Waals surface area contributed by atoms with Gasteiger partial charge in [-0.3, -0.25) is 10.1 Å². The lowest BCUT2D eigenvalue weighted by Crippen LogP contribution is -2.17. The predicted octanol–water partition coefficient (Wildman–Crippen LogP) is 4.98. The van der Waals surface area contributed by atoms with Crippen molar-refractivity contribution in [2.24, 2.45) is 0 Å². The number of hydrogen-bond donors (Lipinski definition) is 1. The van der Waals surface area contributed by atoms with E-state index in [0.717, 1.165) is 17.7 Å². The molecule has 3 rings (SSSR count). The molecule has 0 saturated heterocycles. The Morgan fingerprint density at radius 2 is 1.72 bits per heavy atom. The van der Waals surface area contributed by atoms with Crippen molar-refractivity contribution in [2.75, 3.05) is 19.5 Å². The smallest absolute Gasteiger partial charge is 0.493 e. The van der Waals surface area contributed by atoms with Crippen LogP contribution in [0.3, 0.4) is 0 Å². The molecular formula is C19H15F3N2O4S. The Kier molecular flexibility index (Phi) is 5.92. The molecular weight excluding hydrogens is 409 g/mol. The lowest BCUT2D eigenvalue weighted by atomic mass is 10.1. The summed E-state index contributed by atoms with van der Waals surface area (Å²) in [6, 6.07) is 9.92. The van der Waals surface area contributed by atoms with Crippen LogP contribution in [0.2, 0.25) is 0 Å². The molecule has 3 aromatic rings. The first-order valence-corrected chi connectivity index (χ1v) is 9.02. The molecule has 1 heterocycles. The van der Waals surface area contributed by atoms with Gasteiger partial charge in [-0.05, 0) is 42.5 Å². The van der Waals surface area contributed by atoms with Crippen LogP contribution in [0.1, 0.15) is 10.4 Å². The Balaban J connectivity index is 1.70. The third-order valence-corrected chi connectivity index (χ3v) is 4.51. The number of nitrogens with zero attached hydrogens (tertiary/aromatic N) is 1.